The van der Waals surface area contributed by atoms with Crippen LogP contribution < -0.4 is 10.3 Å². The highest BCUT2D eigenvalue weighted by Crippen LogP contribution is 2.28. The summed E-state index contributed by atoms with van der Waals surface area (Å²) in [5, 5.41) is 18.6. The summed E-state index contributed by atoms with van der Waals surface area (Å²) in [6.07, 6.45) is 1.91. The van der Waals surface area contributed by atoms with Gasteiger partial charge in [0, 0.05) is 30.8 Å². The number of hydrogen-bond donors (Lipinski definition) is 1. The number of carbonyl (C=O) groups excluding carboxylic acids is 1. The van der Waals surface area contributed by atoms with Crippen LogP contribution in [0.15, 0.2) is 88.3 Å². The van der Waals surface area contributed by atoms with E-state index in [9.17, 15) is 19.5 Å². The van der Waals surface area contributed by atoms with Gasteiger partial charge < -0.3 is 14.3 Å². The molecule has 0 fully saturated rings. The minimum Gasteiger partial charge on any atom is -0.493 e. The summed E-state index contributed by atoms with van der Waals surface area (Å²) in [4.78, 5) is 37.6. The smallest absolute Gasteiger partial charge is 0.307 e. The Morgan fingerprint density at radius 1 is 1.00 bits per heavy atom. The van der Waals surface area contributed by atoms with E-state index in [1.807, 2.05) is 30.3 Å². The normalized spacial score (nSPS) is 12.0. The average molecular weight is 512 g/mol. The molecule has 0 aliphatic carbocycles. The van der Waals surface area contributed by atoms with E-state index in [0.717, 1.165) is 11.1 Å². The molecule has 9 heteroatoms. The van der Waals surface area contributed by atoms with Crippen LogP contribution in [-0.2, 0) is 17.8 Å². The van der Waals surface area contributed by atoms with Gasteiger partial charge in [-0.1, -0.05) is 47.7 Å². The van der Waals surface area contributed by atoms with E-state index in [4.69, 9.17) is 9.15 Å². The third kappa shape index (κ3) is 5.46. The summed E-state index contributed by atoms with van der Waals surface area (Å²) in [6, 6.07) is 22.0. The van der Waals surface area contributed by atoms with Crippen molar-refractivity contribution in [2.75, 3.05) is 6.61 Å². The third-order valence-electron chi connectivity index (χ3n) is 6.45. The number of fused-ring (bicyclic) bond motifs is 2. The number of carboxylic acid groups (broad SMARTS) is 1. The van der Waals surface area contributed by atoms with Crippen molar-refractivity contribution in [3.63, 3.8) is 0 Å². The van der Waals surface area contributed by atoms with Crippen molar-refractivity contribution in [2.24, 2.45) is 5.92 Å². The first-order chi connectivity index (χ1) is 18.5. The standard InChI is InChI=1S/C29H25N3O6/c33-26(16-20(29(35)36)12-14-32-28(34)23-8-4-5-9-25(23)30-31-32)24-18-38-27-17-21(10-11-22(24)27)37-15-13-19-6-2-1-3-7-19/h1-11,17-18,20H,12-16H2,(H,35,36). The van der Waals surface area contributed by atoms with Crippen LogP contribution in [0.3, 0.4) is 0 Å². The summed E-state index contributed by atoms with van der Waals surface area (Å²) < 4.78 is 12.6. The molecule has 0 radical (unpaired) electrons. The molecule has 1 unspecified atom stereocenters. The van der Waals surface area contributed by atoms with E-state index in [1.54, 1.807) is 42.5 Å². The van der Waals surface area contributed by atoms with Crippen molar-refractivity contribution in [1.82, 2.24) is 15.0 Å². The van der Waals surface area contributed by atoms with Crippen molar-refractivity contribution in [3.8, 4) is 5.75 Å². The molecule has 0 aliphatic heterocycles. The average Bonchev–Trinajstić information content (AvgIpc) is 3.36. The highest BCUT2D eigenvalue weighted by molar-refractivity contribution is 6.08. The molecule has 38 heavy (non-hydrogen) atoms. The minimum absolute atomic E-state index is 0.0245. The zero-order valence-electron chi connectivity index (χ0n) is 20.4. The third-order valence-corrected chi connectivity index (χ3v) is 6.45. The molecule has 5 rings (SSSR count). The number of hydrogen-bond acceptors (Lipinski definition) is 7. The monoisotopic (exact) mass is 511 g/mol. The van der Waals surface area contributed by atoms with Gasteiger partial charge in [0.1, 0.15) is 23.1 Å². The number of benzene rings is 3. The number of aromatic nitrogens is 3. The van der Waals surface area contributed by atoms with E-state index in [2.05, 4.69) is 10.3 Å². The molecular formula is C29H25N3O6. The van der Waals surface area contributed by atoms with Crippen LogP contribution in [0.2, 0.25) is 0 Å². The highest BCUT2D eigenvalue weighted by atomic mass is 16.5. The molecule has 1 atom stereocenters. The molecule has 0 aliphatic rings. The second kappa shape index (κ2) is 11.1. The predicted molar refractivity (Wildman–Crippen MR) is 140 cm³/mol. The molecular weight excluding hydrogens is 486 g/mol. The molecule has 192 valence electrons. The number of aryl methyl sites for hydroxylation is 1. The van der Waals surface area contributed by atoms with Crippen LogP contribution >= 0.6 is 0 Å². The Balaban J connectivity index is 1.24. The van der Waals surface area contributed by atoms with Crippen molar-refractivity contribution in [2.45, 2.75) is 25.8 Å². The fourth-order valence-corrected chi connectivity index (χ4v) is 4.34. The van der Waals surface area contributed by atoms with E-state index >= 15 is 0 Å². The molecule has 9 nitrogen and oxygen atoms in total. The lowest BCUT2D eigenvalue weighted by atomic mass is 9.95. The van der Waals surface area contributed by atoms with Gasteiger partial charge in [-0.3, -0.25) is 14.4 Å². The number of rotatable bonds is 11. The van der Waals surface area contributed by atoms with E-state index in [-0.39, 0.29) is 30.7 Å². The predicted octanol–water partition coefficient (Wildman–Crippen LogP) is 4.52. The second-order valence-corrected chi connectivity index (χ2v) is 8.98. The Bertz CT molecular complexity index is 1660. The number of carboxylic acids is 1. The number of Topliss-reactive ketones (excluding diaryl/α,β-unsaturated/α-hetero) is 1. The Hall–Kier alpha value is -4.79. The molecule has 5 aromatic rings. The molecule has 0 saturated heterocycles. The van der Waals surface area contributed by atoms with Crippen molar-refractivity contribution in [1.29, 1.82) is 0 Å². The molecule has 0 saturated carbocycles. The molecule has 2 aromatic heterocycles. The summed E-state index contributed by atoms with van der Waals surface area (Å²) in [6.45, 7) is 0.518. The van der Waals surface area contributed by atoms with Gasteiger partial charge in [-0.05, 0) is 36.2 Å². The molecule has 2 heterocycles. The number of nitrogens with zero attached hydrogens (tertiary/aromatic N) is 3. The van der Waals surface area contributed by atoms with Gasteiger partial charge in [-0.15, -0.1) is 5.10 Å². The first-order valence-corrected chi connectivity index (χ1v) is 12.3. The van der Waals surface area contributed by atoms with Gasteiger partial charge in [0.15, 0.2) is 5.78 Å². The molecule has 0 bridgehead atoms. The van der Waals surface area contributed by atoms with E-state index in [0.29, 0.717) is 39.8 Å². The number of carbonyl (C=O) groups is 2. The Morgan fingerprint density at radius 3 is 2.61 bits per heavy atom. The van der Waals surface area contributed by atoms with Gasteiger partial charge in [-0.25, -0.2) is 4.68 Å². The van der Waals surface area contributed by atoms with Gasteiger partial charge in [-0.2, -0.15) is 0 Å². The zero-order valence-corrected chi connectivity index (χ0v) is 20.4. The van der Waals surface area contributed by atoms with Crippen LogP contribution in [0.25, 0.3) is 21.9 Å². The maximum absolute atomic E-state index is 13.1. The summed E-state index contributed by atoms with van der Waals surface area (Å²) in [7, 11) is 0. The summed E-state index contributed by atoms with van der Waals surface area (Å²) in [5.74, 6) is -1.87. The van der Waals surface area contributed by atoms with Crippen LogP contribution in [0.4, 0.5) is 0 Å². The zero-order chi connectivity index (χ0) is 26.5. The van der Waals surface area contributed by atoms with Gasteiger partial charge >= 0.3 is 5.97 Å². The molecule has 1 N–H and O–H groups in total. The Kier molecular flexibility index (Phi) is 7.26. The first kappa shape index (κ1) is 24.9. The lowest BCUT2D eigenvalue weighted by Crippen LogP contribution is -2.27. The quantitative estimate of drug-likeness (QED) is 0.257. The second-order valence-electron chi connectivity index (χ2n) is 8.98. The van der Waals surface area contributed by atoms with E-state index < -0.39 is 11.9 Å². The van der Waals surface area contributed by atoms with Gasteiger partial charge in [0.25, 0.3) is 5.56 Å². The first-order valence-electron chi connectivity index (χ1n) is 12.3. The van der Waals surface area contributed by atoms with Gasteiger partial charge in [0.2, 0.25) is 0 Å². The Labute approximate surface area is 217 Å². The molecule has 0 spiro atoms. The largest absolute Gasteiger partial charge is 0.493 e. The molecule has 0 amide bonds. The summed E-state index contributed by atoms with van der Waals surface area (Å²) >= 11 is 0. The maximum Gasteiger partial charge on any atom is 0.307 e. The van der Waals surface area contributed by atoms with E-state index in [1.165, 1.54) is 11.8 Å². The Morgan fingerprint density at radius 2 is 1.79 bits per heavy atom. The lowest BCUT2D eigenvalue weighted by Gasteiger charge is -2.12. The molecule has 3 aromatic carbocycles. The van der Waals surface area contributed by atoms with Crippen LogP contribution in [0, 0.1) is 5.92 Å². The number of furan rings is 1. The summed E-state index contributed by atoms with van der Waals surface area (Å²) in [5.41, 5.74) is 2.08. The van der Waals surface area contributed by atoms with Crippen molar-refractivity contribution >= 4 is 33.6 Å². The van der Waals surface area contributed by atoms with Gasteiger partial charge in [0.05, 0.1) is 23.5 Å². The minimum atomic E-state index is -1.12. The lowest BCUT2D eigenvalue weighted by molar-refractivity contribution is -0.142. The van der Waals surface area contributed by atoms with Crippen LogP contribution in [0.1, 0.15) is 28.8 Å². The number of ketones is 1. The van der Waals surface area contributed by atoms with Crippen LogP contribution in [-0.4, -0.2) is 38.5 Å². The maximum atomic E-state index is 13.1. The fourth-order valence-electron chi connectivity index (χ4n) is 4.34. The van der Waals surface area contributed by atoms with Crippen molar-refractivity contribution in [3.05, 3.63) is 101 Å². The number of aliphatic carboxylic acids is 1. The SMILES string of the molecule is O=C(CC(CCn1nnc2ccccc2c1=O)C(=O)O)c1coc2cc(OCCc3ccccc3)ccc12. The fraction of sp³-hybridized carbons (Fsp3) is 0.207. The van der Waals surface area contributed by atoms with Crippen LogP contribution in [0.5, 0.6) is 5.75 Å². The topological polar surface area (TPSA) is 125 Å². The van der Waals surface area contributed by atoms with Crippen molar-refractivity contribution < 1.29 is 23.8 Å². The highest BCUT2D eigenvalue weighted by Gasteiger charge is 2.25. The number of ether oxygens (including phenoxy) is 1.